The fourth-order valence-electron chi connectivity index (χ4n) is 4.44. The van der Waals surface area contributed by atoms with Crippen molar-refractivity contribution in [3.63, 3.8) is 0 Å². The summed E-state index contributed by atoms with van der Waals surface area (Å²) < 4.78 is 16.6. The van der Waals surface area contributed by atoms with Crippen molar-refractivity contribution in [3.8, 4) is 11.5 Å². The van der Waals surface area contributed by atoms with Crippen LogP contribution in [0.5, 0.6) is 11.5 Å². The highest BCUT2D eigenvalue weighted by Crippen LogP contribution is 2.28. The molecule has 0 aromatic heterocycles. The third-order valence-corrected chi connectivity index (χ3v) is 6.63. The van der Waals surface area contributed by atoms with Crippen LogP contribution in [0, 0.1) is 0 Å². The van der Waals surface area contributed by atoms with Crippen LogP contribution < -0.4 is 20.5 Å². The first-order valence-corrected chi connectivity index (χ1v) is 13.2. The van der Waals surface area contributed by atoms with Gasteiger partial charge in [0.2, 0.25) is 0 Å². The summed E-state index contributed by atoms with van der Waals surface area (Å²) in [5.74, 6) is 1.08. The van der Waals surface area contributed by atoms with Crippen molar-refractivity contribution in [2.45, 2.75) is 25.8 Å². The van der Waals surface area contributed by atoms with Gasteiger partial charge in [0, 0.05) is 51.5 Å². The molecule has 1 aliphatic rings. The molecule has 1 unspecified atom stereocenters. The smallest absolute Gasteiger partial charge is 0.407 e. The molecule has 3 aromatic rings. The molecule has 1 heterocycles. The molecular formula is C30H38N4O5. The summed E-state index contributed by atoms with van der Waals surface area (Å²) in [5, 5.41) is 13.4. The van der Waals surface area contributed by atoms with E-state index in [9.17, 15) is 9.90 Å². The summed E-state index contributed by atoms with van der Waals surface area (Å²) in [6, 6.07) is 23.0. The van der Waals surface area contributed by atoms with Gasteiger partial charge in [-0.2, -0.15) is 0 Å². The van der Waals surface area contributed by atoms with E-state index in [4.69, 9.17) is 19.9 Å². The molecular weight excluding hydrogens is 496 g/mol. The van der Waals surface area contributed by atoms with Crippen LogP contribution in [0.1, 0.15) is 16.7 Å². The number of amides is 1. The topological polar surface area (TPSA) is 110 Å². The van der Waals surface area contributed by atoms with Crippen molar-refractivity contribution in [1.82, 2.24) is 15.1 Å². The molecule has 1 amide bonds. The Balaban J connectivity index is 1.19. The lowest BCUT2D eigenvalue weighted by molar-refractivity contribution is 0.0440. The number of aliphatic hydroxyl groups is 1. The maximum atomic E-state index is 12.1. The first-order valence-electron chi connectivity index (χ1n) is 13.2. The van der Waals surface area contributed by atoms with Gasteiger partial charge < -0.3 is 30.4 Å². The molecule has 1 aliphatic heterocycles. The zero-order chi connectivity index (χ0) is 27.5. The number of benzene rings is 3. The normalized spacial score (nSPS) is 14.9. The quantitative estimate of drug-likeness (QED) is 0.304. The number of hydrogen-bond donors (Lipinski definition) is 3. The average Bonchev–Trinajstić information content (AvgIpc) is 2.96. The number of ether oxygens (including phenoxy) is 3. The van der Waals surface area contributed by atoms with Crippen LogP contribution in [0.3, 0.4) is 0 Å². The maximum absolute atomic E-state index is 12.1. The number of nitrogens with two attached hydrogens (primary N) is 1. The minimum Gasteiger partial charge on any atom is -0.493 e. The zero-order valence-electron chi connectivity index (χ0n) is 22.4. The number of methoxy groups -OCH3 is 1. The van der Waals surface area contributed by atoms with Crippen LogP contribution in [0.4, 0.5) is 10.5 Å². The van der Waals surface area contributed by atoms with Crippen molar-refractivity contribution in [3.05, 3.63) is 89.5 Å². The second-order valence-electron chi connectivity index (χ2n) is 9.68. The van der Waals surface area contributed by atoms with Gasteiger partial charge in [0.15, 0.2) is 11.5 Å². The Morgan fingerprint density at radius 3 is 2.33 bits per heavy atom. The molecule has 1 atom stereocenters. The Kier molecular flexibility index (Phi) is 10.4. The van der Waals surface area contributed by atoms with Crippen molar-refractivity contribution in [2.75, 3.05) is 52.2 Å². The van der Waals surface area contributed by atoms with Crippen LogP contribution in [0.25, 0.3) is 0 Å². The van der Waals surface area contributed by atoms with E-state index >= 15 is 0 Å². The fourth-order valence-corrected chi connectivity index (χ4v) is 4.44. The molecule has 4 rings (SSSR count). The van der Waals surface area contributed by atoms with Gasteiger partial charge >= 0.3 is 6.09 Å². The number of anilines is 1. The number of nitrogens with zero attached hydrogens (tertiary/aromatic N) is 2. The van der Waals surface area contributed by atoms with Crippen LogP contribution in [0.15, 0.2) is 72.8 Å². The zero-order valence-corrected chi connectivity index (χ0v) is 22.4. The third kappa shape index (κ3) is 9.17. The van der Waals surface area contributed by atoms with Gasteiger partial charge in [-0.1, -0.05) is 48.5 Å². The first kappa shape index (κ1) is 28.2. The predicted molar refractivity (Wildman–Crippen MR) is 151 cm³/mol. The molecule has 39 heavy (non-hydrogen) atoms. The molecule has 0 bridgehead atoms. The molecule has 208 valence electrons. The van der Waals surface area contributed by atoms with Gasteiger partial charge in [0.05, 0.1) is 7.11 Å². The summed E-state index contributed by atoms with van der Waals surface area (Å²) in [5.41, 5.74) is 9.56. The minimum atomic E-state index is -0.645. The molecule has 9 heteroatoms. The second kappa shape index (κ2) is 14.4. The number of aliphatic hydroxyl groups excluding tert-OH is 1. The molecule has 4 N–H and O–H groups in total. The number of carbonyl (C=O) groups is 1. The fraction of sp³-hybridized carbons (Fsp3) is 0.367. The highest BCUT2D eigenvalue weighted by atomic mass is 16.5. The van der Waals surface area contributed by atoms with Crippen LogP contribution in [0.2, 0.25) is 0 Å². The van der Waals surface area contributed by atoms with Gasteiger partial charge in [0.25, 0.3) is 0 Å². The second-order valence-corrected chi connectivity index (χ2v) is 9.68. The molecule has 0 saturated carbocycles. The first-order chi connectivity index (χ1) is 19.0. The SMILES string of the molecule is COc1ccc(CNC(=O)OCc2ccccc2)cc1OCC(O)CN1CCN(Cc2ccc(N)cc2)CC1. The van der Waals surface area contributed by atoms with Gasteiger partial charge in [-0.15, -0.1) is 0 Å². The largest absolute Gasteiger partial charge is 0.493 e. The molecule has 0 radical (unpaired) electrons. The summed E-state index contributed by atoms with van der Waals surface area (Å²) >= 11 is 0. The van der Waals surface area contributed by atoms with Crippen molar-refractivity contribution in [1.29, 1.82) is 0 Å². The van der Waals surface area contributed by atoms with Crippen LogP contribution in [-0.2, 0) is 24.4 Å². The molecule has 9 nitrogen and oxygen atoms in total. The number of alkyl carbamates (subject to hydrolysis) is 1. The highest BCUT2D eigenvalue weighted by molar-refractivity contribution is 5.67. The summed E-state index contributed by atoms with van der Waals surface area (Å²) in [6.45, 7) is 5.70. The monoisotopic (exact) mass is 534 g/mol. The molecule has 3 aromatic carbocycles. The summed E-state index contributed by atoms with van der Waals surface area (Å²) in [6.07, 6.45) is -1.14. The summed E-state index contributed by atoms with van der Waals surface area (Å²) in [4.78, 5) is 16.8. The lowest BCUT2D eigenvalue weighted by Crippen LogP contribution is -2.48. The predicted octanol–water partition coefficient (Wildman–Crippen LogP) is 3.26. The number of nitrogen functional groups attached to an aromatic ring is 1. The lowest BCUT2D eigenvalue weighted by Gasteiger charge is -2.35. The van der Waals surface area contributed by atoms with Gasteiger partial charge in [-0.05, 0) is 41.0 Å². The molecule has 1 fully saturated rings. The molecule has 1 saturated heterocycles. The minimum absolute atomic E-state index is 0.137. The summed E-state index contributed by atoms with van der Waals surface area (Å²) in [7, 11) is 1.57. The number of carbonyl (C=O) groups excluding carboxylic acids is 1. The van der Waals surface area contributed by atoms with E-state index in [0.29, 0.717) is 18.0 Å². The van der Waals surface area contributed by atoms with E-state index in [-0.39, 0.29) is 19.8 Å². The number of piperazine rings is 1. The standard InChI is InChI=1S/C30H38N4O5/c1-37-28-12-9-25(18-32-30(36)39-21-24-5-3-2-4-6-24)17-29(28)38-22-27(35)20-34-15-13-33(14-16-34)19-23-7-10-26(31)11-8-23/h2-12,17,27,35H,13-16,18-22,31H2,1H3,(H,32,36). The van der Waals surface area contributed by atoms with Gasteiger partial charge in [0.1, 0.15) is 19.3 Å². The van der Waals surface area contributed by atoms with Crippen molar-refractivity contribution in [2.24, 2.45) is 0 Å². The Hall–Kier alpha value is -3.79. The van der Waals surface area contributed by atoms with E-state index < -0.39 is 12.2 Å². The lowest BCUT2D eigenvalue weighted by atomic mass is 10.2. The number of nitrogens with one attached hydrogen (secondary N) is 1. The maximum Gasteiger partial charge on any atom is 0.407 e. The van der Waals surface area contributed by atoms with Crippen molar-refractivity contribution < 1.29 is 24.1 Å². The highest BCUT2D eigenvalue weighted by Gasteiger charge is 2.20. The van der Waals surface area contributed by atoms with Gasteiger partial charge in [-0.25, -0.2) is 4.79 Å². The van der Waals surface area contributed by atoms with Crippen molar-refractivity contribution >= 4 is 11.8 Å². The van der Waals surface area contributed by atoms with Crippen LogP contribution >= 0.6 is 0 Å². The third-order valence-electron chi connectivity index (χ3n) is 6.63. The molecule has 0 aliphatic carbocycles. The van der Waals surface area contributed by atoms with E-state index in [1.54, 1.807) is 19.2 Å². The van der Waals surface area contributed by atoms with Gasteiger partial charge in [-0.3, -0.25) is 9.80 Å². The average molecular weight is 535 g/mol. The Morgan fingerprint density at radius 1 is 0.923 bits per heavy atom. The van der Waals surface area contributed by atoms with Crippen LogP contribution in [-0.4, -0.2) is 73.5 Å². The number of β-amino-alcohol motifs (C(OH)–C–C–N with tert-alkyl or cyclic N) is 1. The Labute approximate surface area is 230 Å². The van der Waals surface area contributed by atoms with E-state index in [1.807, 2.05) is 48.5 Å². The number of rotatable bonds is 12. The Morgan fingerprint density at radius 2 is 1.62 bits per heavy atom. The Bertz CT molecular complexity index is 1170. The van der Waals surface area contributed by atoms with E-state index in [1.165, 1.54) is 5.56 Å². The molecule has 0 spiro atoms. The van der Waals surface area contributed by atoms with E-state index in [2.05, 4.69) is 27.2 Å². The van der Waals surface area contributed by atoms with E-state index in [0.717, 1.165) is 49.5 Å². The number of hydrogen-bond acceptors (Lipinski definition) is 8.